The summed E-state index contributed by atoms with van der Waals surface area (Å²) < 4.78 is 0. The third kappa shape index (κ3) is 3.28. The molecule has 0 radical (unpaired) electrons. The number of carbonyl (C=O) groups excluding carboxylic acids is 1. The quantitative estimate of drug-likeness (QED) is 0.678. The number of amides is 1. The fourth-order valence-electron chi connectivity index (χ4n) is 3.44. The number of aryl methyl sites for hydroxylation is 1. The van der Waals surface area contributed by atoms with Crippen molar-refractivity contribution in [1.29, 1.82) is 0 Å². The molecule has 0 atom stereocenters. The summed E-state index contributed by atoms with van der Waals surface area (Å²) >= 11 is 0. The maximum Gasteiger partial charge on any atom is 0.260 e. The zero-order valence-corrected chi connectivity index (χ0v) is 14.8. The molecule has 0 saturated carbocycles. The van der Waals surface area contributed by atoms with Crippen LogP contribution in [0.4, 0.5) is 11.6 Å². The number of carbonyl (C=O) groups is 1. The van der Waals surface area contributed by atoms with E-state index < -0.39 is 0 Å². The maximum atomic E-state index is 12.9. The lowest BCUT2D eigenvalue weighted by molar-refractivity contribution is 0.102. The topological polar surface area (TPSA) is 87.0 Å². The van der Waals surface area contributed by atoms with Gasteiger partial charge in [0.15, 0.2) is 0 Å². The SMILES string of the molecule is Cc1ccc2nc(NC(=O)c3ccccc3N3CCC(N)CC3)[nH]c2c1. The van der Waals surface area contributed by atoms with Crippen LogP contribution in [0.1, 0.15) is 28.8 Å². The van der Waals surface area contributed by atoms with Crippen molar-refractivity contribution in [2.45, 2.75) is 25.8 Å². The van der Waals surface area contributed by atoms with Crippen molar-refractivity contribution in [2.24, 2.45) is 5.73 Å². The summed E-state index contributed by atoms with van der Waals surface area (Å²) in [4.78, 5) is 22.7. The molecule has 0 bridgehead atoms. The van der Waals surface area contributed by atoms with E-state index in [-0.39, 0.29) is 11.9 Å². The molecule has 1 aliphatic heterocycles. The van der Waals surface area contributed by atoms with Crippen LogP contribution in [0.15, 0.2) is 42.5 Å². The van der Waals surface area contributed by atoms with Crippen molar-refractivity contribution in [1.82, 2.24) is 9.97 Å². The number of hydrogen-bond donors (Lipinski definition) is 3. The number of anilines is 2. The summed E-state index contributed by atoms with van der Waals surface area (Å²) in [5.41, 5.74) is 10.5. The van der Waals surface area contributed by atoms with Gasteiger partial charge in [-0.05, 0) is 49.6 Å². The lowest BCUT2D eigenvalue weighted by Crippen LogP contribution is -2.40. The summed E-state index contributed by atoms with van der Waals surface area (Å²) in [5, 5.41) is 2.90. The zero-order valence-electron chi connectivity index (χ0n) is 14.8. The van der Waals surface area contributed by atoms with Gasteiger partial charge in [-0.2, -0.15) is 0 Å². The Morgan fingerprint density at radius 3 is 2.81 bits per heavy atom. The largest absolute Gasteiger partial charge is 0.371 e. The molecule has 2 aromatic carbocycles. The van der Waals surface area contributed by atoms with Gasteiger partial charge in [0.25, 0.3) is 5.91 Å². The predicted molar refractivity (Wildman–Crippen MR) is 105 cm³/mol. The Kier molecular flexibility index (Phi) is 4.34. The molecule has 134 valence electrons. The number of H-pyrrole nitrogens is 1. The van der Waals surface area contributed by atoms with Gasteiger partial charge in [0.1, 0.15) is 0 Å². The molecule has 4 N–H and O–H groups in total. The Morgan fingerprint density at radius 2 is 2.00 bits per heavy atom. The Bertz CT molecular complexity index is 940. The Balaban J connectivity index is 1.57. The van der Waals surface area contributed by atoms with Gasteiger partial charge in [-0.25, -0.2) is 4.98 Å². The average molecular weight is 349 g/mol. The standard InChI is InChI=1S/C20H23N5O/c1-13-6-7-16-17(12-13)23-20(22-16)24-19(26)15-4-2-3-5-18(15)25-10-8-14(21)9-11-25/h2-7,12,14H,8-11,21H2,1H3,(H2,22,23,24,26). The van der Waals surface area contributed by atoms with Crippen molar-refractivity contribution < 1.29 is 4.79 Å². The van der Waals surface area contributed by atoms with Crippen molar-refractivity contribution in [2.75, 3.05) is 23.3 Å². The number of aromatic nitrogens is 2. The first-order chi connectivity index (χ1) is 12.6. The first kappa shape index (κ1) is 16.6. The fraction of sp³-hybridized carbons (Fsp3) is 0.300. The van der Waals surface area contributed by atoms with Gasteiger partial charge in [-0.3, -0.25) is 10.1 Å². The van der Waals surface area contributed by atoms with Crippen molar-refractivity contribution in [3.05, 3.63) is 53.6 Å². The normalized spacial score (nSPS) is 15.4. The van der Waals surface area contributed by atoms with Gasteiger partial charge >= 0.3 is 0 Å². The van der Waals surface area contributed by atoms with Crippen LogP contribution >= 0.6 is 0 Å². The minimum atomic E-state index is -0.161. The monoisotopic (exact) mass is 349 g/mol. The number of nitrogens with zero attached hydrogens (tertiary/aromatic N) is 2. The number of imidazole rings is 1. The molecule has 1 amide bonds. The van der Waals surface area contributed by atoms with E-state index in [1.165, 1.54) is 0 Å². The molecule has 4 rings (SSSR count). The number of nitrogens with one attached hydrogen (secondary N) is 2. The minimum Gasteiger partial charge on any atom is -0.371 e. The summed E-state index contributed by atoms with van der Waals surface area (Å²) in [6.45, 7) is 3.77. The lowest BCUT2D eigenvalue weighted by Gasteiger charge is -2.33. The molecule has 26 heavy (non-hydrogen) atoms. The number of nitrogens with two attached hydrogens (primary N) is 1. The molecule has 0 spiro atoms. The molecule has 3 aromatic rings. The Labute approximate surface area is 152 Å². The van der Waals surface area contributed by atoms with Gasteiger partial charge in [0.05, 0.1) is 16.6 Å². The van der Waals surface area contributed by atoms with E-state index in [9.17, 15) is 4.79 Å². The fourth-order valence-corrected chi connectivity index (χ4v) is 3.44. The highest BCUT2D eigenvalue weighted by Gasteiger charge is 2.21. The second kappa shape index (κ2) is 6.80. The van der Waals surface area contributed by atoms with Crippen LogP contribution in [0.2, 0.25) is 0 Å². The number of piperidine rings is 1. The molecule has 1 aliphatic rings. The highest BCUT2D eigenvalue weighted by atomic mass is 16.1. The van der Waals surface area contributed by atoms with Gasteiger partial charge in [-0.1, -0.05) is 18.2 Å². The van der Waals surface area contributed by atoms with E-state index in [2.05, 4.69) is 20.2 Å². The van der Waals surface area contributed by atoms with Crippen LogP contribution in [0.5, 0.6) is 0 Å². The van der Waals surface area contributed by atoms with Crippen LogP contribution < -0.4 is 16.0 Å². The minimum absolute atomic E-state index is 0.161. The molecule has 6 nitrogen and oxygen atoms in total. The molecule has 6 heteroatoms. The molecule has 0 aliphatic carbocycles. The number of rotatable bonds is 3. The second-order valence-corrected chi connectivity index (χ2v) is 6.90. The van der Waals surface area contributed by atoms with Crippen LogP contribution in [0.25, 0.3) is 11.0 Å². The number of fused-ring (bicyclic) bond motifs is 1. The van der Waals surface area contributed by atoms with Gasteiger partial charge in [0.2, 0.25) is 5.95 Å². The highest BCUT2D eigenvalue weighted by molar-refractivity contribution is 6.07. The third-order valence-corrected chi connectivity index (χ3v) is 4.90. The lowest BCUT2D eigenvalue weighted by atomic mass is 10.0. The maximum absolute atomic E-state index is 12.9. The van der Waals surface area contributed by atoms with Crippen molar-refractivity contribution in [3.63, 3.8) is 0 Å². The summed E-state index contributed by atoms with van der Waals surface area (Å²) in [6.07, 6.45) is 1.89. The highest BCUT2D eigenvalue weighted by Crippen LogP contribution is 2.25. The summed E-state index contributed by atoms with van der Waals surface area (Å²) in [7, 11) is 0. The molecule has 0 unspecified atom stereocenters. The van der Waals surface area contributed by atoms with Gasteiger partial charge < -0.3 is 15.6 Å². The molecular weight excluding hydrogens is 326 g/mol. The van der Waals surface area contributed by atoms with Crippen molar-refractivity contribution >= 4 is 28.6 Å². The average Bonchev–Trinajstić information content (AvgIpc) is 3.03. The van der Waals surface area contributed by atoms with Gasteiger partial charge in [0, 0.05) is 24.8 Å². The van der Waals surface area contributed by atoms with Crippen LogP contribution in [-0.4, -0.2) is 35.0 Å². The Hall–Kier alpha value is -2.86. The molecule has 1 aromatic heterocycles. The van der Waals surface area contributed by atoms with E-state index in [1.54, 1.807) is 0 Å². The van der Waals surface area contributed by atoms with E-state index in [0.717, 1.165) is 48.2 Å². The van der Waals surface area contributed by atoms with Crippen molar-refractivity contribution in [3.8, 4) is 0 Å². The molecule has 1 fully saturated rings. The van der Waals surface area contributed by atoms with E-state index in [4.69, 9.17) is 5.73 Å². The molecular formula is C20H23N5O. The van der Waals surface area contributed by atoms with E-state index >= 15 is 0 Å². The number of aromatic amines is 1. The third-order valence-electron chi connectivity index (χ3n) is 4.90. The molecule has 1 saturated heterocycles. The summed E-state index contributed by atoms with van der Waals surface area (Å²) in [5.74, 6) is 0.303. The van der Waals surface area contributed by atoms with E-state index in [0.29, 0.717) is 11.5 Å². The first-order valence-corrected chi connectivity index (χ1v) is 8.97. The number of hydrogen-bond acceptors (Lipinski definition) is 4. The predicted octanol–water partition coefficient (Wildman–Crippen LogP) is 3.05. The van der Waals surface area contributed by atoms with Gasteiger partial charge in [-0.15, -0.1) is 0 Å². The second-order valence-electron chi connectivity index (χ2n) is 6.90. The summed E-state index contributed by atoms with van der Waals surface area (Å²) in [6, 6.07) is 13.9. The zero-order chi connectivity index (χ0) is 18.1. The number of benzene rings is 2. The van der Waals surface area contributed by atoms with E-state index in [1.807, 2.05) is 49.4 Å². The van der Waals surface area contributed by atoms with Crippen LogP contribution in [0, 0.1) is 6.92 Å². The van der Waals surface area contributed by atoms with Crippen LogP contribution in [0.3, 0.4) is 0 Å². The first-order valence-electron chi connectivity index (χ1n) is 8.97. The Morgan fingerprint density at radius 1 is 1.23 bits per heavy atom. The van der Waals surface area contributed by atoms with Crippen LogP contribution in [-0.2, 0) is 0 Å². The molecule has 2 heterocycles. The number of para-hydroxylation sites is 1. The smallest absolute Gasteiger partial charge is 0.260 e.